The number of allylic oxidation sites excluding steroid dienone is 2. The smallest absolute Gasteiger partial charge is 0.172 e. The summed E-state index contributed by atoms with van der Waals surface area (Å²) in [6.07, 6.45) is 2.05. The van der Waals surface area contributed by atoms with Crippen molar-refractivity contribution < 1.29 is 9.53 Å². The van der Waals surface area contributed by atoms with E-state index in [0.29, 0.717) is 6.54 Å². The Bertz CT molecular complexity index is 976. The van der Waals surface area contributed by atoms with Gasteiger partial charge in [0.2, 0.25) is 0 Å². The van der Waals surface area contributed by atoms with Crippen LogP contribution in [0.2, 0.25) is 0 Å². The van der Waals surface area contributed by atoms with Crippen LogP contribution in [-0.4, -0.2) is 37.0 Å². The first-order chi connectivity index (χ1) is 14.6. The van der Waals surface area contributed by atoms with Crippen molar-refractivity contribution in [2.45, 2.75) is 32.7 Å². The zero-order chi connectivity index (χ0) is 20.7. The van der Waals surface area contributed by atoms with E-state index in [9.17, 15) is 4.79 Å². The SMILES string of the molecule is CC1=C2CC3(COC3)CC2=C(C)C(=O)CN(C(c2ccccc2)c2ccccc2)C1. The topological polar surface area (TPSA) is 29.5 Å². The molecule has 0 bridgehead atoms. The van der Waals surface area contributed by atoms with E-state index in [-0.39, 0.29) is 17.2 Å². The fourth-order valence-corrected chi connectivity index (χ4v) is 5.38. The van der Waals surface area contributed by atoms with Crippen molar-refractivity contribution in [1.29, 1.82) is 0 Å². The summed E-state index contributed by atoms with van der Waals surface area (Å²) in [7, 11) is 0. The van der Waals surface area contributed by atoms with Gasteiger partial charge in [-0.25, -0.2) is 0 Å². The van der Waals surface area contributed by atoms with Crippen LogP contribution < -0.4 is 0 Å². The number of ether oxygens (including phenoxy) is 1. The number of nitrogens with zero attached hydrogens (tertiary/aromatic N) is 1. The molecular weight excluding hydrogens is 370 g/mol. The molecule has 30 heavy (non-hydrogen) atoms. The molecule has 0 N–H and O–H groups in total. The fourth-order valence-electron chi connectivity index (χ4n) is 5.38. The molecule has 0 radical (unpaired) electrons. The Balaban J connectivity index is 1.57. The van der Waals surface area contributed by atoms with Gasteiger partial charge in [-0.05, 0) is 54.5 Å². The molecule has 1 saturated carbocycles. The first-order valence-electron chi connectivity index (χ1n) is 10.9. The largest absolute Gasteiger partial charge is 0.380 e. The molecule has 2 aliphatic heterocycles. The monoisotopic (exact) mass is 399 g/mol. The standard InChI is InChI=1S/C27H29NO2/c1-19-15-28(26(21-9-5-3-6-10-21)22-11-7-4-8-12-22)16-25(29)20(2)24-14-27(13-23(19)24)17-30-18-27/h3-12,26H,13-18H2,1-2H3. The van der Waals surface area contributed by atoms with Crippen LogP contribution in [0.1, 0.15) is 43.9 Å². The van der Waals surface area contributed by atoms with Gasteiger partial charge in [0.1, 0.15) is 0 Å². The number of benzene rings is 2. The van der Waals surface area contributed by atoms with Gasteiger partial charge in [-0.2, -0.15) is 0 Å². The molecule has 5 rings (SSSR count). The number of rotatable bonds is 3. The maximum Gasteiger partial charge on any atom is 0.172 e. The fraction of sp³-hybridized carbons (Fsp3) is 0.370. The average molecular weight is 400 g/mol. The van der Waals surface area contributed by atoms with Crippen LogP contribution in [0.25, 0.3) is 0 Å². The third-order valence-electron chi connectivity index (χ3n) is 7.05. The highest BCUT2D eigenvalue weighted by Gasteiger charge is 2.47. The lowest BCUT2D eigenvalue weighted by Crippen LogP contribution is -2.39. The highest BCUT2D eigenvalue weighted by atomic mass is 16.5. The van der Waals surface area contributed by atoms with Crippen molar-refractivity contribution in [1.82, 2.24) is 4.90 Å². The minimum atomic E-state index is 0.0589. The van der Waals surface area contributed by atoms with E-state index < -0.39 is 0 Å². The number of Topliss-reactive ketones (excluding diaryl/α,β-unsaturated/α-hetero) is 1. The molecule has 3 aliphatic rings. The van der Waals surface area contributed by atoms with Gasteiger partial charge in [0.05, 0.1) is 25.8 Å². The molecule has 1 saturated heterocycles. The number of carbonyl (C=O) groups excluding carboxylic acids is 1. The van der Waals surface area contributed by atoms with Crippen molar-refractivity contribution in [3.05, 3.63) is 94.1 Å². The zero-order valence-electron chi connectivity index (χ0n) is 17.9. The normalized spacial score (nSPS) is 21.6. The van der Waals surface area contributed by atoms with E-state index in [1.807, 2.05) is 6.92 Å². The maximum atomic E-state index is 13.4. The summed E-state index contributed by atoms with van der Waals surface area (Å²) in [4.78, 5) is 15.7. The highest BCUT2D eigenvalue weighted by Crippen LogP contribution is 2.52. The summed E-state index contributed by atoms with van der Waals surface area (Å²) in [5.74, 6) is 0.254. The van der Waals surface area contributed by atoms with Gasteiger partial charge in [0.25, 0.3) is 0 Å². The first kappa shape index (κ1) is 19.5. The van der Waals surface area contributed by atoms with Crippen LogP contribution in [0, 0.1) is 5.41 Å². The molecule has 0 atom stereocenters. The van der Waals surface area contributed by atoms with Crippen LogP contribution in [-0.2, 0) is 9.53 Å². The maximum absolute atomic E-state index is 13.4. The van der Waals surface area contributed by atoms with E-state index in [2.05, 4.69) is 72.5 Å². The van der Waals surface area contributed by atoms with Crippen LogP contribution in [0.5, 0.6) is 0 Å². The van der Waals surface area contributed by atoms with Gasteiger partial charge in [-0.3, -0.25) is 9.69 Å². The second kappa shape index (κ2) is 7.64. The molecule has 3 heteroatoms. The molecule has 1 spiro atoms. The summed E-state index contributed by atoms with van der Waals surface area (Å²) in [6.45, 7) is 7.20. The van der Waals surface area contributed by atoms with Crippen molar-refractivity contribution in [2.75, 3.05) is 26.3 Å². The summed E-state index contributed by atoms with van der Waals surface area (Å²) in [5.41, 5.74) is 7.76. The predicted octanol–water partition coefficient (Wildman–Crippen LogP) is 5.10. The first-order valence-corrected chi connectivity index (χ1v) is 10.9. The van der Waals surface area contributed by atoms with E-state index in [1.54, 1.807) is 0 Å². The average Bonchev–Trinajstić information content (AvgIpc) is 3.16. The number of ketones is 1. The Morgan fingerprint density at radius 3 is 1.93 bits per heavy atom. The Kier molecular flexibility index (Phi) is 4.96. The van der Waals surface area contributed by atoms with Crippen molar-refractivity contribution in [2.24, 2.45) is 5.41 Å². The minimum Gasteiger partial charge on any atom is -0.380 e. The molecule has 2 heterocycles. The van der Waals surface area contributed by atoms with Gasteiger partial charge in [0, 0.05) is 12.0 Å². The Hall–Kier alpha value is -2.49. The molecule has 2 aromatic rings. The molecule has 0 aromatic heterocycles. The van der Waals surface area contributed by atoms with Crippen molar-refractivity contribution >= 4 is 5.78 Å². The van der Waals surface area contributed by atoms with E-state index >= 15 is 0 Å². The molecule has 0 amide bonds. The third kappa shape index (κ3) is 3.36. The Morgan fingerprint density at radius 2 is 1.40 bits per heavy atom. The lowest BCUT2D eigenvalue weighted by Gasteiger charge is -2.37. The molecule has 0 unspecified atom stereocenters. The number of fused-ring (bicyclic) bond motifs is 1. The lowest BCUT2D eigenvalue weighted by molar-refractivity contribution is -0.117. The molecular formula is C27H29NO2. The van der Waals surface area contributed by atoms with Gasteiger partial charge in [-0.1, -0.05) is 66.2 Å². The van der Waals surface area contributed by atoms with E-state index in [4.69, 9.17) is 4.74 Å². The summed E-state index contributed by atoms with van der Waals surface area (Å²) >= 11 is 0. The van der Waals surface area contributed by atoms with Crippen LogP contribution in [0.3, 0.4) is 0 Å². The summed E-state index contributed by atoms with van der Waals surface area (Å²) in [5, 5.41) is 0. The van der Waals surface area contributed by atoms with Gasteiger partial charge >= 0.3 is 0 Å². The predicted molar refractivity (Wildman–Crippen MR) is 119 cm³/mol. The second-order valence-corrected chi connectivity index (χ2v) is 9.26. The minimum absolute atomic E-state index is 0.0589. The molecule has 3 nitrogen and oxygen atoms in total. The van der Waals surface area contributed by atoms with Crippen LogP contribution in [0.15, 0.2) is 83.0 Å². The second-order valence-electron chi connectivity index (χ2n) is 9.26. The van der Waals surface area contributed by atoms with Gasteiger partial charge in [-0.15, -0.1) is 0 Å². The van der Waals surface area contributed by atoms with Crippen LogP contribution >= 0.6 is 0 Å². The Labute approximate surface area is 179 Å². The number of carbonyl (C=O) groups is 1. The molecule has 2 aromatic carbocycles. The zero-order valence-corrected chi connectivity index (χ0v) is 17.9. The number of hydrogen-bond donors (Lipinski definition) is 0. The summed E-state index contributed by atoms with van der Waals surface area (Å²) in [6, 6.07) is 21.2. The van der Waals surface area contributed by atoms with Crippen molar-refractivity contribution in [3.63, 3.8) is 0 Å². The molecule has 1 aliphatic carbocycles. The lowest BCUT2D eigenvalue weighted by atomic mass is 9.83. The van der Waals surface area contributed by atoms with Crippen LogP contribution in [0.4, 0.5) is 0 Å². The van der Waals surface area contributed by atoms with E-state index in [1.165, 1.54) is 27.8 Å². The van der Waals surface area contributed by atoms with Crippen molar-refractivity contribution in [3.8, 4) is 0 Å². The van der Waals surface area contributed by atoms with E-state index in [0.717, 1.165) is 38.2 Å². The number of hydrogen-bond acceptors (Lipinski definition) is 3. The Morgan fingerprint density at radius 1 is 0.833 bits per heavy atom. The van der Waals surface area contributed by atoms with Gasteiger partial charge < -0.3 is 4.74 Å². The quantitative estimate of drug-likeness (QED) is 0.719. The van der Waals surface area contributed by atoms with Gasteiger partial charge in [0.15, 0.2) is 5.78 Å². The highest BCUT2D eigenvalue weighted by molar-refractivity contribution is 5.98. The summed E-state index contributed by atoms with van der Waals surface area (Å²) < 4.78 is 5.56. The third-order valence-corrected chi connectivity index (χ3v) is 7.05. The molecule has 2 fully saturated rings. The molecule has 154 valence electrons.